The number of methoxy groups -OCH3 is 1. The maximum absolute atomic E-state index is 5.21. The predicted molar refractivity (Wildman–Crippen MR) is 74.4 cm³/mol. The Morgan fingerprint density at radius 2 is 2.16 bits per heavy atom. The lowest BCUT2D eigenvalue weighted by molar-refractivity contribution is 0.392. The van der Waals surface area contributed by atoms with Crippen LogP contribution in [0.5, 0.6) is 5.75 Å². The lowest BCUT2D eigenvalue weighted by atomic mass is 10.1. The SMILES string of the molecule is COc1cccc(CCNCc2c(C)noc2C)c1. The number of hydrogen-bond donors (Lipinski definition) is 1. The largest absolute Gasteiger partial charge is 0.497 e. The zero-order chi connectivity index (χ0) is 13.7. The van der Waals surface area contributed by atoms with Crippen molar-refractivity contribution in [2.24, 2.45) is 0 Å². The van der Waals surface area contributed by atoms with Gasteiger partial charge in [0, 0.05) is 12.1 Å². The minimum atomic E-state index is 0.797. The molecule has 0 radical (unpaired) electrons. The number of ether oxygens (including phenoxy) is 1. The number of rotatable bonds is 6. The Bertz CT molecular complexity index is 515. The molecule has 4 nitrogen and oxygen atoms in total. The summed E-state index contributed by atoms with van der Waals surface area (Å²) in [6.45, 7) is 5.62. The normalized spacial score (nSPS) is 10.7. The highest BCUT2D eigenvalue weighted by Gasteiger charge is 2.07. The van der Waals surface area contributed by atoms with E-state index in [9.17, 15) is 0 Å². The Kier molecular flexibility index (Phi) is 4.58. The van der Waals surface area contributed by atoms with Crippen LogP contribution in [0.1, 0.15) is 22.6 Å². The number of nitrogens with zero attached hydrogens (tertiary/aromatic N) is 1. The van der Waals surface area contributed by atoms with E-state index in [1.165, 1.54) is 5.56 Å². The van der Waals surface area contributed by atoms with E-state index in [0.29, 0.717) is 0 Å². The van der Waals surface area contributed by atoms with Crippen LogP contribution in [0, 0.1) is 13.8 Å². The summed E-state index contributed by atoms with van der Waals surface area (Å²) in [5, 5.41) is 7.36. The monoisotopic (exact) mass is 260 g/mol. The van der Waals surface area contributed by atoms with Crippen LogP contribution in [0.2, 0.25) is 0 Å². The van der Waals surface area contributed by atoms with E-state index in [1.54, 1.807) is 7.11 Å². The van der Waals surface area contributed by atoms with E-state index in [1.807, 2.05) is 26.0 Å². The van der Waals surface area contributed by atoms with Crippen molar-refractivity contribution in [1.82, 2.24) is 10.5 Å². The van der Waals surface area contributed by atoms with Gasteiger partial charge in [0.1, 0.15) is 11.5 Å². The van der Waals surface area contributed by atoms with Crippen LogP contribution in [-0.4, -0.2) is 18.8 Å². The highest BCUT2D eigenvalue weighted by molar-refractivity contribution is 5.28. The molecule has 0 aliphatic rings. The van der Waals surface area contributed by atoms with Crippen LogP contribution in [-0.2, 0) is 13.0 Å². The third-order valence-electron chi connectivity index (χ3n) is 3.21. The third kappa shape index (κ3) is 3.58. The minimum absolute atomic E-state index is 0.797. The van der Waals surface area contributed by atoms with Gasteiger partial charge in [-0.3, -0.25) is 0 Å². The van der Waals surface area contributed by atoms with Gasteiger partial charge < -0.3 is 14.6 Å². The van der Waals surface area contributed by atoms with E-state index in [4.69, 9.17) is 9.26 Å². The Balaban J connectivity index is 1.80. The first-order valence-corrected chi connectivity index (χ1v) is 6.46. The van der Waals surface area contributed by atoms with E-state index >= 15 is 0 Å². The van der Waals surface area contributed by atoms with Crippen molar-refractivity contribution in [2.75, 3.05) is 13.7 Å². The van der Waals surface area contributed by atoms with E-state index in [0.717, 1.165) is 42.3 Å². The number of aryl methyl sites for hydroxylation is 2. The molecule has 2 aromatic rings. The number of aromatic nitrogens is 1. The minimum Gasteiger partial charge on any atom is -0.497 e. The second-order valence-corrected chi connectivity index (χ2v) is 4.58. The second kappa shape index (κ2) is 6.38. The molecule has 0 unspecified atom stereocenters. The summed E-state index contributed by atoms with van der Waals surface area (Å²) in [6.07, 6.45) is 0.973. The first-order chi connectivity index (χ1) is 9.20. The maximum Gasteiger partial charge on any atom is 0.138 e. The zero-order valence-electron chi connectivity index (χ0n) is 11.7. The quantitative estimate of drug-likeness (QED) is 0.811. The summed E-state index contributed by atoms with van der Waals surface area (Å²) in [4.78, 5) is 0. The topological polar surface area (TPSA) is 47.3 Å². The average molecular weight is 260 g/mol. The second-order valence-electron chi connectivity index (χ2n) is 4.58. The molecule has 0 bridgehead atoms. The van der Waals surface area contributed by atoms with Gasteiger partial charge in [0.05, 0.1) is 12.8 Å². The van der Waals surface area contributed by atoms with E-state index < -0.39 is 0 Å². The van der Waals surface area contributed by atoms with E-state index in [-0.39, 0.29) is 0 Å². The fraction of sp³-hybridized carbons (Fsp3) is 0.400. The summed E-state index contributed by atoms with van der Waals surface area (Å²) >= 11 is 0. The first kappa shape index (κ1) is 13.6. The van der Waals surface area contributed by atoms with Crippen LogP contribution in [0.4, 0.5) is 0 Å². The van der Waals surface area contributed by atoms with Crippen molar-refractivity contribution in [3.63, 3.8) is 0 Å². The predicted octanol–water partition coefficient (Wildman–Crippen LogP) is 2.63. The van der Waals surface area contributed by atoms with Crippen molar-refractivity contribution in [2.45, 2.75) is 26.8 Å². The van der Waals surface area contributed by atoms with Crippen LogP contribution in [0.15, 0.2) is 28.8 Å². The molecule has 4 heteroatoms. The molecule has 1 heterocycles. The van der Waals surface area contributed by atoms with Gasteiger partial charge in [0.2, 0.25) is 0 Å². The molecule has 0 amide bonds. The van der Waals surface area contributed by atoms with Gasteiger partial charge in [-0.2, -0.15) is 0 Å². The standard InChI is InChI=1S/C15H20N2O2/c1-11-15(12(2)19-17-11)10-16-8-7-13-5-4-6-14(9-13)18-3/h4-6,9,16H,7-8,10H2,1-3H3. The molecule has 102 valence electrons. The molecule has 2 rings (SSSR count). The van der Waals surface area contributed by atoms with Crippen LogP contribution in [0.3, 0.4) is 0 Å². The van der Waals surface area contributed by atoms with Crippen molar-refractivity contribution >= 4 is 0 Å². The molecule has 1 aromatic carbocycles. The smallest absolute Gasteiger partial charge is 0.138 e. The molecule has 0 saturated heterocycles. The molecule has 0 aliphatic carbocycles. The molecule has 0 atom stereocenters. The van der Waals surface area contributed by atoms with E-state index in [2.05, 4.69) is 22.6 Å². The molecule has 0 fully saturated rings. The van der Waals surface area contributed by atoms with Gasteiger partial charge in [-0.1, -0.05) is 17.3 Å². The Morgan fingerprint density at radius 1 is 1.32 bits per heavy atom. The summed E-state index contributed by atoms with van der Waals surface area (Å²) < 4.78 is 10.3. The number of benzene rings is 1. The van der Waals surface area contributed by atoms with Crippen molar-refractivity contribution < 1.29 is 9.26 Å². The average Bonchev–Trinajstić information content (AvgIpc) is 2.75. The van der Waals surface area contributed by atoms with Crippen LogP contribution in [0.25, 0.3) is 0 Å². The Hall–Kier alpha value is -1.81. The van der Waals surface area contributed by atoms with Gasteiger partial charge >= 0.3 is 0 Å². The van der Waals surface area contributed by atoms with Crippen molar-refractivity contribution in [1.29, 1.82) is 0 Å². The number of hydrogen-bond acceptors (Lipinski definition) is 4. The lowest BCUT2D eigenvalue weighted by Gasteiger charge is -2.06. The van der Waals surface area contributed by atoms with Crippen molar-refractivity contribution in [3.8, 4) is 5.75 Å². The maximum atomic E-state index is 5.21. The van der Waals surface area contributed by atoms with Gasteiger partial charge in [0.15, 0.2) is 0 Å². The van der Waals surface area contributed by atoms with Gasteiger partial charge in [-0.25, -0.2) is 0 Å². The highest BCUT2D eigenvalue weighted by Crippen LogP contribution is 2.13. The molecule has 1 N–H and O–H groups in total. The van der Waals surface area contributed by atoms with Crippen LogP contribution < -0.4 is 10.1 Å². The summed E-state index contributed by atoms with van der Waals surface area (Å²) in [5.41, 5.74) is 3.39. The molecule has 0 spiro atoms. The molecule has 0 aliphatic heterocycles. The molecule has 1 aromatic heterocycles. The first-order valence-electron chi connectivity index (χ1n) is 6.46. The fourth-order valence-corrected chi connectivity index (χ4v) is 2.03. The highest BCUT2D eigenvalue weighted by atomic mass is 16.5. The zero-order valence-corrected chi connectivity index (χ0v) is 11.7. The Labute approximate surface area is 113 Å². The number of nitrogens with one attached hydrogen (secondary N) is 1. The van der Waals surface area contributed by atoms with Crippen molar-refractivity contribution in [3.05, 3.63) is 46.8 Å². The molecular weight excluding hydrogens is 240 g/mol. The van der Waals surface area contributed by atoms with Crippen LogP contribution >= 0.6 is 0 Å². The summed E-state index contributed by atoms with van der Waals surface area (Å²) in [7, 11) is 1.69. The Morgan fingerprint density at radius 3 is 2.84 bits per heavy atom. The summed E-state index contributed by atoms with van der Waals surface area (Å²) in [5.74, 6) is 1.80. The lowest BCUT2D eigenvalue weighted by Crippen LogP contribution is -2.17. The molecule has 0 saturated carbocycles. The molecular formula is C15H20N2O2. The molecule has 19 heavy (non-hydrogen) atoms. The van der Waals surface area contributed by atoms with Gasteiger partial charge in [-0.15, -0.1) is 0 Å². The summed E-state index contributed by atoms with van der Waals surface area (Å²) in [6, 6.07) is 8.15. The fourth-order valence-electron chi connectivity index (χ4n) is 2.03. The third-order valence-corrected chi connectivity index (χ3v) is 3.21. The van der Waals surface area contributed by atoms with Gasteiger partial charge in [0.25, 0.3) is 0 Å². The van der Waals surface area contributed by atoms with Gasteiger partial charge in [-0.05, 0) is 44.5 Å².